The van der Waals surface area contributed by atoms with E-state index in [2.05, 4.69) is 10.4 Å². The van der Waals surface area contributed by atoms with Crippen molar-refractivity contribution in [3.05, 3.63) is 83.6 Å². The predicted molar refractivity (Wildman–Crippen MR) is 145 cm³/mol. The number of hydrogen-bond acceptors (Lipinski definition) is 4. The first-order valence-electron chi connectivity index (χ1n) is 13.0. The molecule has 190 valence electrons. The van der Waals surface area contributed by atoms with Crippen molar-refractivity contribution in [3.8, 4) is 11.3 Å². The second-order valence-electron chi connectivity index (χ2n) is 10.0. The molecule has 37 heavy (non-hydrogen) atoms. The third kappa shape index (κ3) is 5.12. The highest BCUT2D eigenvalue weighted by atomic mass is 16.2. The summed E-state index contributed by atoms with van der Waals surface area (Å²) in [4.78, 5) is 34.2. The van der Waals surface area contributed by atoms with Crippen LogP contribution in [0, 0.1) is 6.92 Å². The van der Waals surface area contributed by atoms with Crippen LogP contribution in [0.1, 0.15) is 54.2 Å². The zero-order valence-electron chi connectivity index (χ0n) is 21.6. The van der Waals surface area contributed by atoms with Gasteiger partial charge in [0.2, 0.25) is 5.91 Å². The van der Waals surface area contributed by atoms with Gasteiger partial charge in [0.1, 0.15) is 6.04 Å². The van der Waals surface area contributed by atoms with E-state index >= 15 is 0 Å². The minimum absolute atomic E-state index is 0.0306. The molecule has 7 heteroatoms. The number of aromatic nitrogens is 3. The first-order chi connectivity index (χ1) is 17.9. The largest absolute Gasteiger partial charge is 0.341 e. The second-order valence-corrected chi connectivity index (χ2v) is 10.0. The Morgan fingerprint density at radius 1 is 1.00 bits per heavy atom. The van der Waals surface area contributed by atoms with E-state index in [0.717, 1.165) is 42.6 Å². The average Bonchev–Trinajstić information content (AvgIpc) is 3.59. The Bertz CT molecular complexity index is 1420. The van der Waals surface area contributed by atoms with Crippen LogP contribution in [0.4, 0.5) is 0 Å². The number of amides is 2. The van der Waals surface area contributed by atoms with Crippen molar-refractivity contribution in [2.24, 2.45) is 0 Å². The van der Waals surface area contributed by atoms with Gasteiger partial charge >= 0.3 is 0 Å². The Balaban J connectivity index is 1.55. The second kappa shape index (κ2) is 10.5. The van der Waals surface area contributed by atoms with Crippen LogP contribution >= 0.6 is 0 Å². The van der Waals surface area contributed by atoms with E-state index in [1.807, 2.05) is 91.0 Å². The van der Waals surface area contributed by atoms with Crippen molar-refractivity contribution in [1.29, 1.82) is 0 Å². The first kappa shape index (κ1) is 24.7. The van der Waals surface area contributed by atoms with E-state index in [1.165, 1.54) is 0 Å². The van der Waals surface area contributed by atoms with Gasteiger partial charge in [-0.3, -0.25) is 9.59 Å². The molecule has 2 amide bonds. The van der Waals surface area contributed by atoms with Gasteiger partial charge in [-0.1, -0.05) is 54.6 Å². The van der Waals surface area contributed by atoms with Gasteiger partial charge in [0, 0.05) is 31.1 Å². The Morgan fingerprint density at radius 3 is 2.41 bits per heavy atom. The lowest BCUT2D eigenvalue weighted by Gasteiger charge is -2.24. The minimum atomic E-state index is -0.654. The third-order valence-electron chi connectivity index (χ3n) is 7.03. The lowest BCUT2D eigenvalue weighted by molar-refractivity contribution is -0.132. The molecule has 0 saturated carbocycles. The van der Waals surface area contributed by atoms with E-state index in [-0.39, 0.29) is 17.9 Å². The molecule has 1 saturated heterocycles. The fraction of sp³-hybridized carbons (Fsp3) is 0.333. The molecular formula is C30H33N5O2. The smallest absolute Gasteiger partial charge is 0.252 e. The van der Waals surface area contributed by atoms with Crippen LogP contribution in [0.25, 0.3) is 22.3 Å². The molecule has 2 aromatic carbocycles. The molecule has 3 heterocycles. The highest BCUT2D eigenvalue weighted by molar-refractivity contribution is 6.07. The van der Waals surface area contributed by atoms with E-state index in [0.29, 0.717) is 28.7 Å². The highest BCUT2D eigenvalue weighted by Crippen LogP contribution is 2.28. The molecular weight excluding hydrogens is 462 g/mol. The number of likely N-dealkylation sites (tertiary alicyclic amines) is 1. The number of carbonyl (C=O) groups is 2. The molecule has 7 nitrogen and oxygen atoms in total. The number of rotatable bonds is 7. The van der Waals surface area contributed by atoms with Gasteiger partial charge in [-0.2, -0.15) is 5.10 Å². The van der Waals surface area contributed by atoms with Gasteiger partial charge in [0.25, 0.3) is 5.91 Å². The van der Waals surface area contributed by atoms with E-state index in [4.69, 9.17) is 4.98 Å². The van der Waals surface area contributed by atoms with Crippen LogP contribution in [-0.2, 0) is 11.2 Å². The van der Waals surface area contributed by atoms with Crippen molar-refractivity contribution in [1.82, 2.24) is 25.0 Å². The van der Waals surface area contributed by atoms with Crippen LogP contribution in [0.2, 0.25) is 0 Å². The quantitative estimate of drug-likeness (QED) is 0.393. The fourth-order valence-corrected chi connectivity index (χ4v) is 5.03. The maximum atomic E-state index is 13.9. The number of aryl methyl sites for hydroxylation is 1. The molecule has 1 aliphatic heterocycles. The van der Waals surface area contributed by atoms with Crippen molar-refractivity contribution < 1.29 is 9.59 Å². The van der Waals surface area contributed by atoms with Crippen LogP contribution < -0.4 is 5.32 Å². The Morgan fingerprint density at radius 2 is 1.70 bits per heavy atom. The monoisotopic (exact) mass is 495 g/mol. The lowest BCUT2D eigenvalue weighted by atomic mass is 10.0. The predicted octanol–water partition coefficient (Wildman–Crippen LogP) is 4.95. The van der Waals surface area contributed by atoms with E-state index in [9.17, 15) is 9.59 Å². The molecule has 2 aromatic heterocycles. The minimum Gasteiger partial charge on any atom is -0.341 e. The first-order valence-corrected chi connectivity index (χ1v) is 13.0. The summed E-state index contributed by atoms with van der Waals surface area (Å²) in [5.41, 5.74) is 4.89. The number of nitrogens with one attached hydrogen (secondary N) is 1. The summed E-state index contributed by atoms with van der Waals surface area (Å²) < 4.78 is 1.84. The summed E-state index contributed by atoms with van der Waals surface area (Å²) in [5.74, 6) is -0.323. The normalized spacial score (nSPS) is 14.3. The molecule has 0 radical (unpaired) electrons. The number of fused-ring (bicyclic) bond motifs is 1. The van der Waals surface area contributed by atoms with Crippen molar-refractivity contribution >= 4 is 22.8 Å². The van der Waals surface area contributed by atoms with E-state index < -0.39 is 6.04 Å². The molecule has 1 atom stereocenters. The molecule has 5 rings (SSSR count). The number of nitrogens with zero attached hydrogens (tertiary/aromatic N) is 4. The number of benzene rings is 2. The van der Waals surface area contributed by atoms with Gasteiger partial charge in [-0.25, -0.2) is 9.67 Å². The molecule has 1 fully saturated rings. The maximum Gasteiger partial charge on any atom is 0.252 e. The Kier molecular flexibility index (Phi) is 7.04. The lowest BCUT2D eigenvalue weighted by Crippen LogP contribution is -2.49. The standard InChI is InChI=1S/C30H33N5O2/c1-20(2)35-28-25(19-31-35)24(18-26(32-28)23-14-8-7-11-21(23)3)29(36)33-27(17-22-12-5-4-6-13-22)30(37)34-15-9-10-16-34/h4-8,11-14,18-20,27H,9-10,15-17H2,1-3H3,(H,33,36). The van der Waals surface area contributed by atoms with Gasteiger partial charge in [-0.05, 0) is 50.8 Å². The van der Waals surface area contributed by atoms with Crippen molar-refractivity contribution in [2.75, 3.05) is 13.1 Å². The molecule has 4 aromatic rings. The zero-order valence-corrected chi connectivity index (χ0v) is 21.6. The Hall–Kier alpha value is -4.00. The zero-order chi connectivity index (χ0) is 25.9. The maximum absolute atomic E-state index is 13.9. The molecule has 0 bridgehead atoms. The van der Waals surface area contributed by atoms with Crippen LogP contribution in [0.15, 0.2) is 66.9 Å². The summed E-state index contributed by atoms with van der Waals surface area (Å²) in [6, 6.07) is 19.1. The molecule has 1 N–H and O–H groups in total. The number of carbonyl (C=O) groups excluding carboxylic acids is 2. The molecule has 1 unspecified atom stereocenters. The summed E-state index contributed by atoms with van der Waals surface area (Å²) in [6.07, 6.45) is 4.13. The third-order valence-corrected chi connectivity index (χ3v) is 7.03. The number of pyridine rings is 1. The summed E-state index contributed by atoms with van der Waals surface area (Å²) >= 11 is 0. The summed E-state index contributed by atoms with van der Waals surface area (Å²) in [6.45, 7) is 7.58. The fourth-order valence-electron chi connectivity index (χ4n) is 5.03. The van der Waals surface area contributed by atoms with Crippen molar-refractivity contribution in [2.45, 2.75) is 52.1 Å². The van der Waals surface area contributed by atoms with Crippen molar-refractivity contribution in [3.63, 3.8) is 0 Å². The van der Waals surface area contributed by atoms with Crippen LogP contribution in [0.3, 0.4) is 0 Å². The van der Waals surface area contributed by atoms with Crippen LogP contribution in [0.5, 0.6) is 0 Å². The van der Waals surface area contributed by atoms with Gasteiger partial charge in [0.15, 0.2) is 5.65 Å². The van der Waals surface area contributed by atoms with Gasteiger partial charge < -0.3 is 10.2 Å². The topological polar surface area (TPSA) is 80.1 Å². The number of hydrogen-bond donors (Lipinski definition) is 1. The van der Waals surface area contributed by atoms with Gasteiger partial charge in [-0.15, -0.1) is 0 Å². The average molecular weight is 496 g/mol. The Labute approximate surface area is 217 Å². The summed E-state index contributed by atoms with van der Waals surface area (Å²) in [5, 5.41) is 8.30. The highest BCUT2D eigenvalue weighted by Gasteiger charge is 2.29. The molecule has 0 spiro atoms. The van der Waals surface area contributed by atoms with E-state index in [1.54, 1.807) is 6.20 Å². The SMILES string of the molecule is Cc1ccccc1-c1cc(C(=O)NC(Cc2ccccc2)C(=O)N2CCCC2)c2cnn(C(C)C)c2n1. The van der Waals surface area contributed by atoms with Crippen LogP contribution in [-0.4, -0.2) is 50.6 Å². The van der Waals surface area contributed by atoms with Gasteiger partial charge in [0.05, 0.1) is 22.8 Å². The molecule has 0 aliphatic carbocycles. The summed E-state index contributed by atoms with van der Waals surface area (Å²) in [7, 11) is 0. The molecule has 1 aliphatic rings.